The minimum Gasteiger partial charge on any atom is -0.287 e. The minimum absolute atomic E-state index is 0.0574. The van der Waals surface area contributed by atoms with Gasteiger partial charge in [-0.1, -0.05) is 25.3 Å². The van der Waals surface area contributed by atoms with Crippen LogP contribution in [0.2, 0.25) is 0 Å². The number of carbonyl (C=O) groups is 1. The summed E-state index contributed by atoms with van der Waals surface area (Å²) in [4.78, 5) is 16.8. The van der Waals surface area contributed by atoms with Crippen LogP contribution in [0.4, 0.5) is 0 Å². The zero-order valence-corrected chi connectivity index (χ0v) is 10.8. The van der Waals surface area contributed by atoms with Gasteiger partial charge in [-0.2, -0.15) is 0 Å². The summed E-state index contributed by atoms with van der Waals surface area (Å²) in [6.45, 7) is 6.05. The Balaban J connectivity index is 2.43. The SMILES string of the molecule is CC(C)(C)c1nnsc1C(=O)c1cccnc1. The molecular formula is C12H13N3OS. The Morgan fingerprint density at radius 3 is 2.71 bits per heavy atom. The topological polar surface area (TPSA) is 55.7 Å². The fourth-order valence-corrected chi connectivity index (χ4v) is 2.30. The summed E-state index contributed by atoms with van der Waals surface area (Å²) in [6.07, 6.45) is 3.21. The van der Waals surface area contributed by atoms with Gasteiger partial charge in [-0.05, 0) is 23.7 Å². The molecule has 0 aliphatic heterocycles. The summed E-state index contributed by atoms with van der Waals surface area (Å²) in [5, 5.41) is 4.06. The summed E-state index contributed by atoms with van der Waals surface area (Å²) in [5.41, 5.74) is 1.14. The fourth-order valence-electron chi connectivity index (χ4n) is 1.46. The van der Waals surface area contributed by atoms with E-state index in [-0.39, 0.29) is 11.2 Å². The lowest BCUT2D eigenvalue weighted by Crippen LogP contribution is -2.16. The van der Waals surface area contributed by atoms with Gasteiger partial charge < -0.3 is 0 Å². The Morgan fingerprint density at radius 2 is 2.12 bits per heavy atom. The molecule has 0 amide bonds. The van der Waals surface area contributed by atoms with Gasteiger partial charge in [-0.3, -0.25) is 9.78 Å². The number of pyridine rings is 1. The molecule has 0 atom stereocenters. The number of rotatable bonds is 2. The Labute approximate surface area is 104 Å². The highest BCUT2D eigenvalue weighted by Crippen LogP contribution is 2.27. The summed E-state index contributed by atoms with van der Waals surface area (Å²) < 4.78 is 3.89. The molecule has 88 valence electrons. The third kappa shape index (κ3) is 2.39. The van der Waals surface area contributed by atoms with Crippen molar-refractivity contribution in [2.45, 2.75) is 26.2 Å². The van der Waals surface area contributed by atoms with Gasteiger partial charge in [0.15, 0.2) is 0 Å². The average Bonchev–Trinajstić information content (AvgIpc) is 2.78. The standard InChI is InChI=1S/C12H13N3OS/c1-12(2,3)11-10(17-15-14-11)9(16)8-5-4-6-13-7-8/h4-7H,1-3H3. The van der Waals surface area contributed by atoms with E-state index in [0.29, 0.717) is 10.4 Å². The predicted octanol–water partition coefficient (Wildman–Crippen LogP) is 2.46. The number of ketones is 1. The van der Waals surface area contributed by atoms with Crippen LogP contribution in [0.1, 0.15) is 41.7 Å². The Bertz CT molecular complexity index is 528. The molecule has 17 heavy (non-hydrogen) atoms. The predicted molar refractivity (Wildman–Crippen MR) is 66.3 cm³/mol. The van der Waals surface area contributed by atoms with Crippen molar-refractivity contribution in [2.24, 2.45) is 0 Å². The molecule has 2 heterocycles. The van der Waals surface area contributed by atoms with E-state index in [0.717, 1.165) is 17.2 Å². The first-order chi connectivity index (χ1) is 8.00. The Morgan fingerprint density at radius 1 is 1.35 bits per heavy atom. The quantitative estimate of drug-likeness (QED) is 0.765. The molecule has 2 rings (SSSR count). The van der Waals surface area contributed by atoms with E-state index in [9.17, 15) is 4.79 Å². The monoisotopic (exact) mass is 247 g/mol. The molecule has 0 aliphatic carbocycles. The Kier molecular flexibility index (Phi) is 3.02. The second-order valence-corrected chi connectivity index (χ2v) is 5.53. The summed E-state index contributed by atoms with van der Waals surface area (Å²) in [7, 11) is 0. The third-order valence-corrected chi connectivity index (χ3v) is 3.05. The molecule has 0 unspecified atom stereocenters. The Hall–Kier alpha value is -1.62. The van der Waals surface area contributed by atoms with Crippen LogP contribution in [-0.2, 0) is 5.41 Å². The van der Waals surface area contributed by atoms with Crippen molar-refractivity contribution in [2.75, 3.05) is 0 Å². The van der Waals surface area contributed by atoms with Crippen molar-refractivity contribution < 1.29 is 4.79 Å². The molecule has 0 saturated heterocycles. The summed E-state index contributed by atoms with van der Waals surface area (Å²) in [6, 6.07) is 3.50. The maximum atomic E-state index is 12.3. The maximum absolute atomic E-state index is 12.3. The van der Waals surface area contributed by atoms with Gasteiger partial charge in [-0.15, -0.1) is 5.10 Å². The highest BCUT2D eigenvalue weighted by atomic mass is 32.1. The van der Waals surface area contributed by atoms with Gasteiger partial charge in [0.25, 0.3) is 0 Å². The van der Waals surface area contributed by atoms with Gasteiger partial charge in [0.1, 0.15) is 4.88 Å². The largest absolute Gasteiger partial charge is 0.287 e. The molecule has 0 N–H and O–H groups in total. The lowest BCUT2D eigenvalue weighted by molar-refractivity contribution is 0.104. The normalized spacial score (nSPS) is 11.5. The van der Waals surface area contributed by atoms with Crippen molar-refractivity contribution >= 4 is 17.3 Å². The van der Waals surface area contributed by atoms with Gasteiger partial charge in [-0.25, -0.2) is 0 Å². The minimum atomic E-state index is -0.180. The zero-order valence-electron chi connectivity index (χ0n) is 9.97. The molecule has 2 aromatic heterocycles. The number of carbonyl (C=O) groups excluding carboxylic acids is 1. The van der Waals surface area contributed by atoms with Crippen molar-refractivity contribution in [1.29, 1.82) is 0 Å². The van der Waals surface area contributed by atoms with Crippen molar-refractivity contribution in [3.63, 3.8) is 0 Å². The molecule has 4 nitrogen and oxygen atoms in total. The first kappa shape index (κ1) is 11.9. The van der Waals surface area contributed by atoms with E-state index in [4.69, 9.17) is 0 Å². The highest BCUT2D eigenvalue weighted by molar-refractivity contribution is 7.08. The molecule has 0 bridgehead atoms. The second kappa shape index (κ2) is 4.33. The highest BCUT2D eigenvalue weighted by Gasteiger charge is 2.26. The van der Waals surface area contributed by atoms with Crippen molar-refractivity contribution in [3.8, 4) is 0 Å². The lowest BCUT2D eigenvalue weighted by atomic mass is 9.90. The van der Waals surface area contributed by atoms with Crippen LogP contribution in [0.3, 0.4) is 0 Å². The zero-order chi connectivity index (χ0) is 12.5. The van der Waals surface area contributed by atoms with E-state index in [1.165, 1.54) is 0 Å². The second-order valence-electron chi connectivity index (χ2n) is 4.77. The van der Waals surface area contributed by atoms with Crippen LogP contribution in [0.5, 0.6) is 0 Å². The van der Waals surface area contributed by atoms with E-state index >= 15 is 0 Å². The van der Waals surface area contributed by atoms with Crippen molar-refractivity contribution in [1.82, 2.24) is 14.6 Å². The number of hydrogen-bond donors (Lipinski definition) is 0. The lowest BCUT2D eigenvalue weighted by Gasteiger charge is -2.15. The first-order valence-corrected chi connectivity index (χ1v) is 6.05. The van der Waals surface area contributed by atoms with Gasteiger partial charge in [0, 0.05) is 23.4 Å². The van der Waals surface area contributed by atoms with Crippen LogP contribution in [0, 0.1) is 0 Å². The van der Waals surface area contributed by atoms with Gasteiger partial charge in [0.2, 0.25) is 5.78 Å². The van der Waals surface area contributed by atoms with E-state index in [1.807, 2.05) is 20.8 Å². The van der Waals surface area contributed by atoms with Crippen LogP contribution < -0.4 is 0 Å². The molecule has 0 radical (unpaired) electrons. The molecule has 0 saturated carbocycles. The van der Waals surface area contributed by atoms with Crippen LogP contribution >= 0.6 is 11.5 Å². The van der Waals surface area contributed by atoms with E-state index < -0.39 is 0 Å². The average molecular weight is 247 g/mol. The van der Waals surface area contributed by atoms with Crippen LogP contribution in [0.25, 0.3) is 0 Å². The molecule has 0 aromatic carbocycles. The van der Waals surface area contributed by atoms with Gasteiger partial charge in [0.05, 0.1) is 5.69 Å². The summed E-state index contributed by atoms with van der Waals surface area (Å²) >= 11 is 1.14. The summed E-state index contributed by atoms with van der Waals surface area (Å²) in [5.74, 6) is -0.0574. The van der Waals surface area contributed by atoms with Crippen LogP contribution in [0.15, 0.2) is 24.5 Å². The molecule has 0 spiro atoms. The van der Waals surface area contributed by atoms with Crippen molar-refractivity contribution in [3.05, 3.63) is 40.7 Å². The molecule has 0 fully saturated rings. The van der Waals surface area contributed by atoms with E-state index in [1.54, 1.807) is 24.5 Å². The fraction of sp³-hybridized carbons (Fsp3) is 0.333. The smallest absolute Gasteiger partial charge is 0.208 e. The van der Waals surface area contributed by atoms with Gasteiger partial charge >= 0.3 is 0 Å². The maximum Gasteiger partial charge on any atom is 0.208 e. The van der Waals surface area contributed by atoms with Crippen LogP contribution in [-0.4, -0.2) is 20.4 Å². The molecule has 0 aliphatic rings. The molecular weight excluding hydrogens is 234 g/mol. The first-order valence-electron chi connectivity index (χ1n) is 5.27. The number of hydrogen-bond acceptors (Lipinski definition) is 5. The van der Waals surface area contributed by atoms with E-state index in [2.05, 4.69) is 14.6 Å². The number of aromatic nitrogens is 3. The third-order valence-electron chi connectivity index (χ3n) is 2.33. The molecule has 2 aromatic rings. The number of nitrogens with zero attached hydrogens (tertiary/aromatic N) is 3. The molecule has 5 heteroatoms.